The number of rotatable bonds is 8. The lowest BCUT2D eigenvalue weighted by molar-refractivity contribution is -0.168. The largest absolute Gasteiger partial charge is 0.481 e. The van der Waals surface area contributed by atoms with E-state index in [0.29, 0.717) is 6.42 Å². The number of carboxylic acid groups (broad SMARTS) is 1. The molecule has 2 aromatic carbocycles. The normalized spacial score (nSPS) is 19.5. The van der Waals surface area contributed by atoms with Crippen molar-refractivity contribution in [3.05, 3.63) is 72.3 Å². The van der Waals surface area contributed by atoms with Gasteiger partial charge in [-0.15, -0.1) is 6.58 Å². The van der Waals surface area contributed by atoms with E-state index in [0.717, 1.165) is 35.1 Å². The minimum absolute atomic E-state index is 0.00900. The molecule has 2 aliphatic carbocycles. The number of hydrogen-bond donors (Lipinski definition) is 2. The SMILES string of the molecule is C=CCC1(C(=O)O)CN(C(=O)C(C)(NC(=O)OCC2c3ccccc3-c3ccccc32)C2CC2)C1. The van der Waals surface area contributed by atoms with Crippen molar-refractivity contribution in [1.29, 1.82) is 0 Å². The Kier molecular flexibility index (Phi) is 5.66. The molecule has 2 aromatic rings. The molecule has 1 unspecified atom stereocenters. The van der Waals surface area contributed by atoms with Crippen molar-refractivity contribution in [2.45, 2.75) is 37.6 Å². The Hall–Kier alpha value is -3.61. The van der Waals surface area contributed by atoms with Gasteiger partial charge in [0.05, 0.1) is 0 Å². The van der Waals surface area contributed by atoms with E-state index in [1.807, 2.05) is 24.3 Å². The molecule has 0 bridgehead atoms. The molecule has 1 aliphatic heterocycles. The van der Waals surface area contributed by atoms with Crippen molar-refractivity contribution in [1.82, 2.24) is 10.2 Å². The van der Waals surface area contributed by atoms with Gasteiger partial charge < -0.3 is 20.1 Å². The van der Waals surface area contributed by atoms with Crippen LogP contribution in [0.3, 0.4) is 0 Å². The zero-order valence-electron chi connectivity index (χ0n) is 19.8. The summed E-state index contributed by atoms with van der Waals surface area (Å²) in [7, 11) is 0. The lowest BCUT2D eigenvalue weighted by atomic mass is 9.75. The number of nitrogens with zero attached hydrogens (tertiary/aromatic N) is 1. The first-order chi connectivity index (χ1) is 16.8. The second-order valence-electron chi connectivity index (χ2n) is 10.2. The molecule has 1 saturated carbocycles. The molecule has 1 atom stereocenters. The molecular weight excluding hydrogens is 444 g/mol. The maximum Gasteiger partial charge on any atom is 0.408 e. The number of amides is 2. The fourth-order valence-electron chi connectivity index (χ4n) is 5.62. The minimum Gasteiger partial charge on any atom is -0.481 e. The van der Waals surface area contributed by atoms with Crippen LogP contribution in [0.4, 0.5) is 4.79 Å². The van der Waals surface area contributed by atoms with Crippen LogP contribution in [0.1, 0.15) is 43.2 Å². The average Bonchev–Trinajstić information content (AvgIpc) is 3.63. The van der Waals surface area contributed by atoms with Gasteiger partial charge in [-0.2, -0.15) is 0 Å². The molecule has 1 heterocycles. The lowest BCUT2D eigenvalue weighted by Crippen LogP contribution is -2.69. The number of hydrogen-bond acceptors (Lipinski definition) is 4. The molecule has 0 aromatic heterocycles. The van der Waals surface area contributed by atoms with E-state index >= 15 is 0 Å². The van der Waals surface area contributed by atoms with Gasteiger partial charge in [-0.1, -0.05) is 54.6 Å². The van der Waals surface area contributed by atoms with Gasteiger partial charge in [0.1, 0.15) is 17.6 Å². The fourth-order valence-corrected chi connectivity index (χ4v) is 5.62. The summed E-state index contributed by atoms with van der Waals surface area (Å²) in [5, 5.41) is 12.5. The molecule has 1 saturated heterocycles. The van der Waals surface area contributed by atoms with E-state index in [2.05, 4.69) is 36.2 Å². The number of benzene rings is 2. The van der Waals surface area contributed by atoms with Crippen molar-refractivity contribution < 1.29 is 24.2 Å². The molecule has 5 rings (SSSR count). The van der Waals surface area contributed by atoms with Gasteiger partial charge in [0, 0.05) is 19.0 Å². The number of ether oxygens (including phenoxy) is 1. The van der Waals surface area contributed by atoms with Crippen molar-refractivity contribution in [2.24, 2.45) is 11.3 Å². The predicted octanol–water partition coefficient (Wildman–Crippen LogP) is 4.18. The summed E-state index contributed by atoms with van der Waals surface area (Å²) >= 11 is 0. The zero-order valence-corrected chi connectivity index (χ0v) is 19.8. The van der Waals surface area contributed by atoms with Gasteiger partial charge in [0.15, 0.2) is 0 Å². The van der Waals surface area contributed by atoms with E-state index < -0.39 is 23.0 Å². The highest BCUT2D eigenvalue weighted by molar-refractivity contribution is 5.93. The highest BCUT2D eigenvalue weighted by atomic mass is 16.5. The van der Waals surface area contributed by atoms with Gasteiger partial charge in [-0.3, -0.25) is 9.59 Å². The first kappa shape index (κ1) is 23.1. The molecule has 2 N–H and O–H groups in total. The van der Waals surface area contributed by atoms with Crippen LogP contribution < -0.4 is 5.32 Å². The number of aliphatic carboxylic acids is 1. The summed E-state index contributed by atoms with van der Waals surface area (Å²) < 4.78 is 5.68. The summed E-state index contributed by atoms with van der Waals surface area (Å²) in [5.41, 5.74) is 2.42. The van der Waals surface area contributed by atoms with Gasteiger partial charge in [-0.25, -0.2) is 4.79 Å². The molecule has 7 heteroatoms. The second kappa shape index (κ2) is 8.56. The van der Waals surface area contributed by atoms with Crippen LogP contribution in [0.15, 0.2) is 61.2 Å². The summed E-state index contributed by atoms with van der Waals surface area (Å²) in [6.45, 7) is 5.76. The third-order valence-corrected chi connectivity index (χ3v) is 7.81. The average molecular weight is 475 g/mol. The topological polar surface area (TPSA) is 95.9 Å². The van der Waals surface area contributed by atoms with Gasteiger partial charge >= 0.3 is 12.1 Å². The van der Waals surface area contributed by atoms with Crippen LogP contribution in [0.25, 0.3) is 11.1 Å². The molecule has 0 radical (unpaired) electrons. The van der Waals surface area contributed by atoms with E-state index in [-0.39, 0.29) is 37.4 Å². The minimum atomic E-state index is -1.12. The quantitative estimate of drug-likeness (QED) is 0.560. The first-order valence-corrected chi connectivity index (χ1v) is 12.1. The highest BCUT2D eigenvalue weighted by Crippen LogP contribution is 2.45. The number of carboxylic acids is 1. The third-order valence-electron chi connectivity index (χ3n) is 7.81. The Morgan fingerprint density at radius 1 is 1.11 bits per heavy atom. The summed E-state index contributed by atoms with van der Waals surface area (Å²) in [5.74, 6) is -1.25. The van der Waals surface area contributed by atoms with Crippen molar-refractivity contribution in [3.63, 3.8) is 0 Å². The van der Waals surface area contributed by atoms with Gasteiger partial charge in [0.2, 0.25) is 5.91 Å². The Bertz CT molecular complexity index is 1150. The van der Waals surface area contributed by atoms with E-state index in [1.54, 1.807) is 13.0 Å². The first-order valence-electron chi connectivity index (χ1n) is 12.1. The maximum atomic E-state index is 13.4. The van der Waals surface area contributed by atoms with Crippen LogP contribution in [-0.4, -0.2) is 53.2 Å². The van der Waals surface area contributed by atoms with Gasteiger partial charge in [-0.05, 0) is 54.4 Å². The fraction of sp³-hybridized carbons (Fsp3) is 0.393. The third kappa shape index (κ3) is 3.89. The maximum absolute atomic E-state index is 13.4. The monoisotopic (exact) mass is 474 g/mol. The number of likely N-dealkylation sites (tertiary alicyclic amines) is 1. The van der Waals surface area contributed by atoms with Crippen LogP contribution in [0, 0.1) is 11.3 Å². The number of carbonyl (C=O) groups excluding carboxylic acids is 2. The smallest absolute Gasteiger partial charge is 0.408 e. The van der Waals surface area contributed by atoms with Crippen molar-refractivity contribution in [3.8, 4) is 11.1 Å². The Morgan fingerprint density at radius 3 is 2.20 bits per heavy atom. The van der Waals surface area contributed by atoms with Crippen molar-refractivity contribution in [2.75, 3.05) is 19.7 Å². The molecule has 2 amide bonds. The molecule has 0 spiro atoms. The molecule has 2 fully saturated rings. The summed E-state index contributed by atoms with van der Waals surface area (Å²) in [6, 6.07) is 16.2. The highest BCUT2D eigenvalue weighted by Gasteiger charge is 2.57. The summed E-state index contributed by atoms with van der Waals surface area (Å²) in [4.78, 5) is 39.6. The molecular formula is C28H30N2O5. The van der Waals surface area contributed by atoms with Crippen molar-refractivity contribution >= 4 is 18.0 Å². The number of fused-ring (bicyclic) bond motifs is 3. The van der Waals surface area contributed by atoms with E-state index in [4.69, 9.17) is 4.74 Å². The van der Waals surface area contributed by atoms with Crippen LogP contribution in [0.2, 0.25) is 0 Å². The van der Waals surface area contributed by atoms with Crippen LogP contribution in [-0.2, 0) is 14.3 Å². The standard InChI is InChI=1S/C28H30N2O5/c1-3-14-28(25(32)33)16-30(17-28)24(31)27(2,18-12-13-18)29-26(34)35-15-23-21-10-6-4-8-19(21)20-9-5-7-11-22(20)23/h3-11,18,23H,1,12-17H2,2H3,(H,29,34)(H,32,33). The Labute approximate surface area is 204 Å². The predicted molar refractivity (Wildman–Crippen MR) is 131 cm³/mol. The number of alkyl carbamates (subject to hydrolysis) is 1. The second-order valence-corrected chi connectivity index (χ2v) is 10.2. The summed E-state index contributed by atoms with van der Waals surface area (Å²) in [6.07, 6.45) is 2.90. The molecule has 7 nitrogen and oxygen atoms in total. The number of allylic oxidation sites excluding steroid dienone is 1. The van der Waals surface area contributed by atoms with Gasteiger partial charge in [0.25, 0.3) is 0 Å². The zero-order chi connectivity index (χ0) is 24.8. The van der Waals surface area contributed by atoms with Crippen LogP contribution in [0.5, 0.6) is 0 Å². The Morgan fingerprint density at radius 2 is 1.69 bits per heavy atom. The van der Waals surface area contributed by atoms with E-state index in [1.165, 1.54) is 4.90 Å². The molecule has 3 aliphatic rings. The molecule has 35 heavy (non-hydrogen) atoms. The van der Waals surface area contributed by atoms with E-state index in [9.17, 15) is 19.5 Å². The number of carbonyl (C=O) groups is 3. The lowest BCUT2D eigenvalue weighted by Gasteiger charge is -2.49. The Balaban J connectivity index is 1.26. The van der Waals surface area contributed by atoms with Crippen LogP contribution >= 0.6 is 0 Å². The number of nitrogens with one attached hydrogen (secondary N) is 1. The molecule has 182 valence electrons.